The van der Waals surface area contributed by atoms with Crippen LogP contribution in [-0.2, 0) is 23.9 Å². The average molecular weight is 433 g/mol. The maximum Gasteiger partial charge on any atom is 0.311 e. The minimum Gasteiger partial charge on any atom is -0.462 e. The lowest BCUT2D eigenvalue weighted by atomic mass is 9.64. The molecule has 0 aromatic heterocycles. The van der Waals surface area contributed by atoms with E-state index in [9.17, 15) is 19.5 Å². The van der Waals surface area contributed by atoms with Crippen LogP contribution in [0.25, 0.3) is 0 Å². The number of rotatable bonds is 6. The molecule has 3 aliphatic rings. The Hall–Kier alpha value is -1.95. The number of carbonyl (C=O) groups is 3. The zero-order valence-electron chi connectivity index (χ0n) is 19.3. The van der Waals surface area contributed by atoms with Crippen molar-refractivity contribution >= 4 is 17.7 Å². The van der Waals surface area contributed by atoms with Crippen LogP contribution in [0.4, 0.5) is 0 Å². The number of carbonyl (C=O) groups excluding carboxylic acids is 3. The van der Waals surface area contributed by atoms with Crippen molar-refractivity contribution in [3.05, 3.63) is 23.3 Å². The van der Waals surface area contributed by atoms with Gasteiger partial charge in [0.25, 0.3) is 0 Å². The Labute approximate surface area is 185 Å². The van der Waals surface area contributed by atoms with Gasteiger partial charge in [-0.05, 0) is 57.6 Å². The van der Waals surface area contributed by atoms with Crippen LogP contribution in [-0.4, -0.2) is 41.1 Å². The van der Waals surface area contributed by atoms with E-state index in [1.807, 2.05) is 34.6 Å². The van der Waals surface area contributed by atoms with Crippen molar-refractivity contribution in [1.29, 1.82) is 0 Å². The predicted octanol–water partition coefficient (Wildman–Crippen LogP) is 3.91. The van der Waals surface area contributed by atoms with Crippen molar-refractivity contribution in [2.75, 3.05) is 0 Å². The number of allylic oxidation sites excluding steroid dienone is 2. The second kappa shape index (κ2) is 9.27. The third-order valence-corrected chi connectivity index (χ3v) is 7.34. The molecule has 3 rings (SSSR count). The monoisotopic (exact) mass is 432 g/mol. The number of esters is 2. The van der Waals surface area contributed by atoms with Crippen LogP contribution >= 0.6 is 0 Å². The van der Waals surface area contributed by atoms with Gasteiger partial charge < -0.3 is 14.6 Å². The van der Waals surface area contributed by atoms with Crippen LogP contribution in [0, 0.1) is 23.2 Å². The topological polar surface area (TPSA) is 89.9 Å². The maximum absolute atomic E-state index is 12.9. The second-order valence-corrected chi connectivity index (χ2v) is 10.2. The molecule has 1 aliphatic heterocycles. The van der Waals surface area contributed by atoms with Gasteiger partial charge in [0.15, 0.2) is 5.78 Å². The molecule has 0 aromatic carbocycles. The number of cyclic esters (lactones) is 1. The maximum atomic E-state index is 12.9. The summed E-state index contributed by atoms with van der Waals surface area (Å²) in [6, 6.07) is 0. The van der Waals surface area contributed by atoms with E-state index in [2.05, 4.69) is 6.08 Å². The zero-order valence-corrected chi connectivity index (χ0v) is 19.3. The highest BCUT2D eigenvalue weighted by molar-refractivity contribution is 5.94. The minimum absolute atomic E-state index is 0.0165. The van der Waals surface area contributed by atoms with E-state index in [4.69, 9.17) is 9.47 Å². The fourth-order valence-corrected chi connectivity index (χ4v) is 4.98. The van der Waals surface area contributed by atoms with Crippen molar-refractivity contribution < 1.29 is 29.0 Å². The van der Waals surface area contributed by atoms with Gasteiger partial charge in [-0.3, -0.25) is 14.4 Å². The summed E-state index contributed by atoms with van der Waals surface area (Å²) in [7, 11) is 0. The summed E-state index contributed by atoms with van der Waals surface area (Å²) < 4.78 is 11.5. The first-order valence-electron chi connectivity index (χ1n) is 11.5. The van der Waals surface area contributed by atoms with Gasteiger partial charge in [0.2, 0.25) is 0 Å². The summed E-state index contributed by atoms with van der Waals surface area (Å²) in [5.74, 6) is -0.773. The van der Waals surface area contributed by atoms with Crippen LogP contribution in [0.3, 0.4) is 0 Å². The first-order chi connectivity index (χ1) is 14.5. The SMILES string of the molecule is CCC(C)(C)C(=O)OC1CC(C)=CC2=CC(=O)C(C)C(CCC3CC(O)CC(=O)O3)C21. The zero-order chi connectivity index (χ0) is 22.9. The third-order valence-electron chi connectivity index (χ3n) is 7.34. The molecular formula is C25H36O6. The minimum atomic E-state index is -0.669. The van der Waals surface area contributed by atoms with Gasteiger partial charge in [-0.25, -0.2) is 0 Å². The molecule has 0 spiro atoms. The summed E-state index contributed by atoms with van der Waals surface area (Å²) in [4.78, 5) is 37.3. The molecule has 6 atom stereocenters. The quantitative estimate of drug-likeness (QED) is 0.640. The molecule has 6 heteroatoms. The molecule has 0 saturated carbocycles. The summed E-state index contributed by atoms with van der Waals surface area (Å²) in [6.45, 7) is 9.70. The van der Waals surface area contributed by atoms with Crippen LogP contribution in [0.2, 0.25) is 0 Å². The lowest BCUT2D eigenvalue weighted by molar-refractivity contribution is -0.165. The number of fused-ring (bicyclic) bond motifs is 1. The van der Waals surface area contributed by atoms with E-state index in [0.717, 1.165) is 11.1 Å². The fraction of sp³-hybridized carbons (Fsp3) is 0.720. The number of ether oxygens (including phenoxy) is 2. The lowest BCUT2D eigenvalue weighted by Crippen LogP contribution is -2.44. The molecule has 0 amide bonds. The molecule has 0 aromatic rings. The van der Waals surface area contributed by atoms with Crippen LogP contribution in [0.1, 0.15) is 73.1 Å². The molecule has 2 aliphatic carbocycles. The van der Waals surface area contributed by atoms with Crippen LogP contribution < -0.4 is 0 Å². The molecule has 1 fully saturated rings. The van der Waals surface area contributed by atoms with Gasteiger partial charge >= 0.3 is 11.9 Å². The van der Waals surface area contributed by atoms with E-state index < -0.39 is 11.5 Å². The van der Waals surface area contributed by atoms with Gasteiger partial charge in [0.1, 0.15) is 12.2 Å². The van der Waals surface area contributed by atoms with Crippen molar-refractivity contribution in [2.45, 2.75) is 91.5 Å². The number of aliphatic hydroxyl groups excluding tert-OH is 1. The Kier molecular flexibility index (Phi) is 7.09. The second-order valence-electron chi connectivity index (χ2n) is 10.2. The molecule has 1 N–H and O–H groups in total. The highest BCUT2D eigenvalue weighted by atomic mass is 16.6. The summed E-state index contributed by atoms with van der Waals surface area (Å²) in [5.41, 5.74) is 1.47. The van der Waals surface area contributed by atoms with Crippen molar-refractivity contribution in [1.82, 2.24) is 0 Å². The highest BCUT2D eigenvalue weighted by Crippen LogP contribution is 2.45. The Balaban J connectivity index is 1.82. The fourth-order valence-electron chi connectivity index (χ4n) is 4.98. The molecule has 1 heterocycles. The first kappa shape index (κ1) is 23.7. The number of hydrogen-bond donors (Lipinski definition) is 1. The predicted molar refractivity (Wildman–Crippen MR) is 116 cm³/mol. The summed E-state index contributed by atoms with van der Waals surface area (Å²) >= 11 is 0. The van der Waals surface area contributed by atoms with Gasteiger partial charge in [0.05, 0.1) is 17.9 Å². The number of hydrogen-bond acceptors (Lipinski definition) is 6. The van der Waals surface area contributed by atoms with E-state index in [1.54, 1.807) is 6.08 Å². The Morgan fingerprint density at radius 2 is 1.94 bits per heavy atom. The van der Waals surface area contributed by atoms with Gasteiger partial charge in [-0.2, -0.15) is 0 Å². The van der Waals surface area contributed by atoms with Crippen molar-refractivity contribution in [2.24, 2.45) is 23.2 Å². The Morgan fingerprint density at radius 3 is 2.58 bits per heavy atom. The van der Waals surface area contributed by atoms with E-state index in [1.165, 1.54) is 0 Å². The van der Waals surface area contributed by atoms with Gasteiger partial charge in [0, 0.05) is 24.7 Å². The van der Waals surface area contributed by atoms with Crippen LogP contribution in [0.5, 0.6) is 0 Å². The Morgan fingerprint density at radius 1 is 1.23 bits per heavy atom. The van der Waals surface area contributed by atoms with E-state index in [0.29, 0.717) is 32.1 Å². The summed E-state index contributed by atoms with van der Waals surface area (Å²) in [5, 5.41) is 9.91. The molecular weight excluding hydrogens is 396 g/mol. The normalized spacial score (nSPS) is 33.7. The van der Waals surface area contributed by atoms with Crippen molar-refractivity contribution in [3.63, 3.8) is 0 Å². The molecule has 6 nitrogen and oxygen atoms in total. The van der Waals surface area contributed by atoms with Gasteiger partial charge in [-0.15, -0.1) is 0 Å². The number of ketones is 1. The van der Waals surface area contributed by atoms with Gasteiger partial charge in [-0.1, -0.05) is 25.5 Å². The molecule has 172 valence electrons. The highest BCUT2D eigenvalue weighted by Gasteiger charge is 2.45. The molecule has 31 heavy (non-hydrogen) atoms. The van der Waals surface area contributed by atoms with E-state index in [-0.39, 0.29) is 54.1 Å². The molecule has 0 radical (unpaired) electrons. The Bertz CT molecular complexity index is 792. The molecule has 6 unspecified atom stereocenters. The third kappa shape index (κ3) is 5.28. The lowest BCUT2D eigenvalue weighted by Gasteiger charge is -2.43. The standard InChI is InChI=1S/C25H36O6/c1-6-25(4,5)24(29)31-21-10-14(2)9-16-11-20(27)15(3)19(23(16)21)8-7-18-12-17(26)13-22(28)30-18/h9,11,15,17-19,21,23,26H,6-8,10,12-13H2,1-5H3. The smallest absolute Gasteiger partial charge is 0.311 e. The van der Waals surface area contributed by atoms with E-state index >= 15 is 0 Å². The molecule has 1 saturated heterocycles. The number of aliphatic hydroxyl groups is 1. The summed E-state index contributed by atoms with van der Waals surface area (Å²) in [6.07, 6.45) is 5.51. The average Bonchev–Trinajstić information content (AvgIpc) is 2.67. The largest absolute Gasteiger partial charge is 0.462 e. The molecule has 0 bridgehead atoms. The first-order valence-corrected chi connectivity index (χ1v) is 11.5. The van der Waals surface area contributed by atoms with Crippen molar-refractivity contribution in [3.8, 4) is 0 Å². The van der Waals surface area contributed by atoms with Crippen LogP contribution in [0.15, 0.2) is 23.3 Å².